The minimum Gasteiger partial charge on any atom is -0.480 e. The van der Waals surface area contributed by atoms with Crippen LogP contribution in [0.1, 0.15) is 16.2 Å². The Balaban J connectivity index is 2.09. The number of amides is 1. The second kappa shape index (κ2) is 4.97. The highest BCUT2D eigenvalue weighted by molar-refractivity contribution is 6.03. The Kier molecular flexibility index (Phi) is 3.37. The molecule has 0 aliphatic carbocycles. The molecule has 0 unspecified atom stereocenters. The second-order valence-corrected chi connectivity index (χ2v) is 4.19. The number of aromatic nitrogens is 3. The summed E-state index contributed by atoms with van der Waals surface area (Å²) in [5.41, 5.74) is 1.97. The van der Waals surface area contributed by atoms with Gasteiger partial charge in [0.2, 0.25) is 0 Å². The van der Waals surface area contributed by atoms with Gasteiger partial charge in [-0.1, -0.05) is 0 Å². The zero-order valence-electron chi connectivity index (χ0n) is 10.6. The molecule has 7 nitrogen and oxygen atoms in total. The van der Waals surface area contributed by atoms with Gasteiger partial charge in [-0.05, 0) is 19.1 Å². The second-order valence-electron chi connectivity index (χ2n) is 4.19. The van der Waals surface area contributed by atoms with Crippen LogP contribution in [0.4, 0.5) is 5.69 Å². The van der Waals surface area contributed by atoms with Crippen LogP contribution < -0.4 is 5.32 Å². The molecule has 1 amide bonds. The minimum absolute atomic E-state index is 0.237. The molecule has 2 rings (SSSR count). The van der Waals surface area contributed by atoms with Gasteiger partial charge >= 0.3 is 5.97 Å². The van der Waals surface area contributed by atoms with Crippen LogP contribution in [0.5, 0.6) is 0 Å². The number of hydrogen-bond donors (Lipinski definition) is 2. The molecule has 2 heterocycles. The van der Waals surface area contributed by atoms with Gasteiger partial charge in [-0.2, -0.15) is 5.10 Å². The number of carboxylic acid groups (broad SMARTS) is 1. The maximum Gasteiger partial charge on any atom is 0.325 e. The number of rotatable bonds is 4. The lowest BCUT2D eigenvalue weighted by Crippen LogP contribution is -2.15. The zero-order chi connectivity index (χ0) is 14.0. The summed E-state index contributed by atoms with van der Waals surface area (Å²) in [5, 5.41) is 15.1. The number of carboxylic acids is 1. The third-order valence-corrected chi connectivity index (χ3v) is 2.79. The summed E-state index contributed by atoms with van der Waals surface area (Å²) >= 11 is 0. The number of nitrogens with one attached hydrogen (secondary N) is 1. The molecular formula is C12H14N4O3. The third kappa shape index (κ3) is 2.82. The monoisotopic (exact) mass is 262 g/mol. The predicted octanol–water partition coefficient (Wildman–Crippen LogP) is 0.867. The maximum absolute atomic E-state index is 12.0. The fraction of sp³-hybridized carbons (Fsp3) is 0.250. The van der Waals surface area contributed by atoms with Gasteiger partial charge in [-0.15, -0.1) is 0 Å². The summed E-state index contributed by atoms with van der Waals surface area (Å²) in [5.74, 6) is -1.25. The summed E-state index contributed by atoms with van der Waals surface area (Å²) in [6, 6.07) is 3.58. The molecule has 0 aliphatic rings. The zero-order valence-corrected chi connectivity index (χ0v) is 10.6. The number of aliphatic carboxylic acids is 1. The molecule has 2 N–H and O–H groups in total. The molecule has 2 aromatic rings. The van der Waals surface area contributed by atoms with E-state index in [9.17, 15) is 9.59 Å². The van der Waals surface area contributed by atoms with Crippen molar-refractivity contribution in [3.8, 4) is 0 Å². The molecule has 0 aromatic carbocycles. The lowest BCUT2D eigenvalue weighted by atomic mass is 10.4. The molecule has 0 fully saturated rings. The van der Waals surface area contributed by atoms with E-state index in [-0.39, 0.29) is 12.5 Å². The van der Waals surface area contributed by atoms with Crippen LogP contribution >= 0.6 is 0 Å². The van der Waals surface area contributed by atoms with Crippen molar-refractivity contribution < 1.29 is 14.7 Å². The van der Waals surface area contributed by atoms with Crippen molar-refractivity contribution >= 4 is 17.6 Å². The molecule has 0 saturated heterocycles. The molecule has 0 spiro atoms. The van der Waals surface area contributed by atoms with E-state index < -0.39 is 5.97 Å². The molecule has 0 saturated carbocycles. The number of aryl methyl sites for hydroxylation is 1. The molecule has 0 bridgehead atoms. The van der Waals surface area contributed by atoms with Crippen molar-refractivity contribution in [2.75, 3.05) is 5.32 Å². The standard InChI is InChI=1S/C12H14N4O3/c1-8-3-4-10(15(8)2)12(19)14-9-5-13-16(6-9)7-11(17)18/h3-6H,7H2,1-2H3,(H,14,19)(H,17,18). The largest absolute Gasteiger partial charge is 0.480 e. The first kappa shape index (κ1) is 12.9. The van der Waals surface area contributed by atoms with Crippen molar-refractivity contribution in [1.82, 2.24) is 14.3 Å². The van der Waals surface area contributed by atoms with Gasteiger partial charge in [-0.3, -0.25) is 14.3 Å². The Hall–Kier alpha value is -2.57. The van der Waals surface area contributed by atoms with E-state index in [1.54, 1.807) is 17.7 Å². The van der Waals surface area contributed by atoms with E-state index in [0.717, 1.165) is 5.69 Å². The first-order valence-corrected chi connectivity index (χ1v) is 5.65. The molecule has 0 radical (unpaired) electrons. The summed E-state index contributed by atoms with van der Waals surface area (Å²) < 4.78 is 3.02. The lowest BCUT2D eigenvalue weighted by Gasteiger charge is -2.05. The Morgan fingerprint density at radius 1 is 1.42 bits per heavy atom. The van der Waals surface area contributed by atoms with E-state index in [1.165, 1.54) is 17.1 Å². The van der Waals surface area contributed by atoms with E-state index in [1.807, 2.05) is 13.0 Å². The van der Waals surface area contributed by atoms with Gasteiger partial charge in [-0.25, -0.2) is 0 Å². The molecular weight excluding hydrogens is 248 g/mol. The fourth-order valence-corrected chi connectivity index (χ4v) is 1.69. The summed E-state index contributed by atoms with van der Waals surface area (Å²) in [4.78, 5) is 22.5. The van der Waals surface area contributed by atoms with Crippen molar-refractivity contribution in [1.29, 1.82) is 0 Å². The van der Waals surface area contributed by atoms with Crippen molar-refractivity contribution in [3.05, 3.63) is 35.9 Å². The molecule has 19 heavy (non-hydrogen) atoms. The van der Waals surface area contributed by atoms with E-state index in [2.05, 4.69) is 10.4 Å². The molecule has 7 heteroatoms. The van der Waals surface area contributed by atoms with Gasteiger partial charge < -0.3 is 15.0 Å². The molecule has 100 valence electrons. The first-order chi connectivity index (χ1) is 8.97. The predicted molar refractivity (Wildman–Crippen MR) is 68.0 cm³/mol. The van der Waals surface area contributed by atoms with Crippen LogP contribution in [0.2, 0.25) is 0 Å². The SMILES string of the molecule is Cc1ccc(C(=O)Nc2cnn(CC(=O)O)c2)n1C. The Morgan fingerprint density at radius 2 is 2.16 bits per heavy atom. The fourth-order valence-electron chi connectivity index (χ4n) is 1.69. The summed E-state index contributed by atoms with van der Waals surface area (Å²) in [6.07, 6.45) is 2.89. The van der Waals surface area contributed by atoms with E-state index in [4.69, 9.17) is 5.11 Å². The third-order valence-electron chi connectivity index (χ3n) is 2.79. The van der Waals surface area contributed by atoms with Gasteiger partial charge in [0.15, 0.2) is 0 Å². The average molecular weight is 262 g/mol. The minimum atomic E-state index is -0.987. The number of anilines is 1. The highest BCUT2D eigenvalue weighted by Crippen LogP contribution is 2.10. The highest BCUT2D eigenvalue weighted by atomic mass is 16.4. The number of hydrogen-bond acceptors (Lipinski definition) is 3. The normalized spacial score (nSPS) is 10.4. The maximum atomic E-state index is 12.0. The highest BCUT2D eigenvalue weighted by Gasteiger charge is 2.12. The smallest absolute Gasteiger partial charge is 0.325 e. The van der Waals surface area contributed by atoms with Crippen molar-refractivity contribution in [2.24, 2.45) is 7.05 Å². The molecule has 0 atom stereocenters. The Bertz CT molecular complexity index is 627. The number of carbonyl (C=O) groups is 2. The van der Waals surface area contributed by atoms with Crippen LogP contribution in [0.3, 0.4) is 0 Å². The van der Waals surface area contributed by atoms with Gasteiger partial charge in [0.05, 0.1) is 11.9 Å². The quantitative estimate of drug-likeness (QED) is 0.855. The Labute approximate surface area is 109 Å². The van der Waals surface area contributed by atoms with Gasteiger partial charge in [0.25, 0.3) is 5.91 Å². The van der Waals surface area contributed by atoms with Crippen LogP contribution in [-0.2, 0) is 18.4 Å². The van der Waals surface area contributed by atoms with Gasteiger partial charge in [0.1, 0.15) is 12.2 Å². The average Bonchev–Trinajstić information content (AvgIpc) is 2.87. The van der Waals surface area contributed by atoms with Crippen LogP contribution in [0.15, 0.2) is 24.5 Å². The topological polar surface area (TPSA) is 89.2 Å². The summed E-state index contributed by atoms with van der Waals surface area (Å²) in [6.45, 7) is 1.67. The van der Waals surface area contributed by atoms with Crippen LogP contribution in [-0.4, -0.2) is 31.3 Å². The Morgan fingerprint density at radius 3 is 2.74 bits per heavy atom. The van der Waals surface area contributed by atoms with Gasteiger partial charge in [0, 0.05) is 18.9 Å². The number of nitrogens with zero attached hydrogens (tertiary/aromatic N) is 3. The van der Waals surface area contributed by atoms with E-state index in [0.29, 0.717) is 11.4 Å². The van der Waals surface area contributed by atoms with E-state index >= 15 is 0 Å². The van der Waals surface area contributed by atoms with Crippen molar-refractivity contribution in [2.45, 2.75) is 13.5 Å². The van der Waals surface area contributed by atoms with Crippen molar-refractivity contribution in [3.63, 3.8) is 0 Å². The molecule has 0 aliphatic heterocycles. The van der Waals surface area contributed by atoms with Crippen LogP contribution in [0.25, 0.3) is 0 Å². The lowest BCUT2D eigenvalue weighted by molar-refractivity contribution is -0.137. The number of carbonyl (C=O) groups excluding carboxylic acids is 1. The molecule has 2 aromatic heterocycles. The first-order valence-electron chi connectivity index (χ1n) is 5.65. The summed E-state index contributed by atoms with van der Waals surface area (Å²) in [7, 11) is 1.80. The van der Waals surface area contributed by atoms with Crippen LogP contribution in [0, 0.1) is 6.92 Å².